The van der Waals surface area contributed by atoms with Crippen molar-refractivity contribution in [2.75, 3.05) is 33.1 Å². The molecule has 1 amide bonds. The number of aliphatic hydroxyl groups excluding tert-OH is 1. The van der Waals surface area contributed by atoms with Gasteiger partial charge in [-0.15, -0.1) is 5.10 Å². The Hall–Kier alpha value is -3.50. The van der Waals surface area contributed by atoms with Gasteiger partial charge in [-0.25, -0.2) is 0 Å². The van der Waals surface area contributed by atoms with Crippen molar-refractivity contribution in [3.05, 3.63) is 45.7 Å². The number of nitrogens with zero attached hydrogens (tertiary/aromatic N) is 4. The number of nitrogens with two attached hydrogens (primary N) is 1. The number of rotatable bonds is 3. The lowest BCUT2D eigenvalue weighted by Gasteiger charge is -2.49. The molecule has 0 radical (unpaired) electrons. The summed E-state index contributed by atoms with van der Waals surface area (Å²) < 4.78 is 0. The molecule has 0 saturated heterocycles. The van der Waals surface area contributed by atoms with E-state index in [-0.39, 0.29) is 17.9 Å². The summed E-state index contributed by atoms with van der Waals surface area (Å²) >= 11 is 0. The van der Waals surface area contributed by atoms with Gasteiger partial charge in [0.1, 0.15) is 28.5 Å². The number of anilines is 1. The van der Waals surface area contributed by atoms with E-state index >= 15 is 0 Å². The lowest BCUT2D eigenvalue weighted by Crippen LogP contribution is -2.64. The van der Waals surface area contributed by atoms with Crippen LogP contribution in [0.4, 0.5) is 5.69 Å². The van der Waals surface area contributed by atoms with Crippen LogP contribution in [0.2, 0.25) is 0 Å². The third-order valence-electron chi connectivity index (χ3n) is 7.11. The fraction of sp³-hybridized carbons (Fsp3) is 0.391. The summed E-state index contributed by atoms with van der Waals surface area (Å²) in [7, 11) is 7.16. The largest absolute Gasteiger partial charge is 0.508 e. The maximum absolute atomic E-state index is 13.2. The molecule has 0 spiro atoms. The molecular weight excluding hydrogens is 426 g/mol. The lowest BCUT2D eigenvalue weighted by molar-refractivity contribution is -0.131. The van der Waals surface area contributed by atoms with Gasteiger partial charge in [-0.2, -0.15) is 5.10 Å². The summed E-state index contributed by atoms with van der Waals surface area (Å²) in [5, 5.41) is 42.1. The predicted octanol–water partition coefficient (Wildman–Crippen LogP) is 0.0309. The fourth-order valence-electron chi connectivity index (χ4n) is 5.74. The molecule has 172 valence electrons. The van der Waals surface area contributed by atoms with Gasteiger partial charge >= 0.3 is 0 Å². The van der Waals surface area contributed by atoms with E-state index in [1.807, 2.05) is 25.1 Å². The van der Waals surface area contributed by atoms with Crippen LogP contribution in [0.3, 0.4) is 0 Å². The maximum Gasteiger partial charge on any atom is 0.255 e. The second-order valence-electron chi connectivity index (χ2n) is 9.34. The molecule has 10 heteroatoms. The summed E-state index contributed by atoms with van der Waals surface area (Å²) in [6.07, 6.45) is 0.717. The third kappa shape index (κ3) is 2.56. The van der Waals surface area contributed by atoms with Gasteiger partial charge in [0.2, 0.25) is 0 Å². The van der Waals surface area contributed by atoms with Gasteiger partial charge < -0.3 is 26.0 Å². The van der Waals surface area contributed by atoms with Crippen LogP contribution in [0.1, 0.15) is 17.5 Å². The second kappa shape index (κ2) is 6.75. The quantitative estimate of drug-likeness (QED) is 0.473. The van der Waals surface area contributed by atoms with Crippen molar-refractivity contribution in [1.82, 2.24) is 4.90 Å². The molecule has 4 aliphatic rings. The lowest BCUT2D eigenvalue weighted by atomic mass is 9.59. The van der Waals surface area contributed by atoms with Gasteiger partial charge in [0.05, 0.1) is 11.6 Å². The summed E-state index contributed by atoms with van der Waals surface area (Å²) in [4.78, 5) is 28.8. The van der Waals surface area contributed by atoms with E-state index in [0.29, 0.717) is 23.3 Å². The van der Waals surface area contributed by atoms with Crippen LogP contribution in [0.5, 0.6) is 5.75 Å². The molecule has 1 aromatic rings. The van der Waals surface area contributed by atoms with Crippen LogP contribution < -0.4 is 10.6 Å². The third-order valence-corrected chi connectivity index (χ3v) is 7.11. The Morgan fingerprint density at radius 1 is 1.18 bits per heavy atom. The van der Waals surface area contributed by atoms with E-state index < -0.39 is 40.6 Å². The van der Waals surface area contributed by atoms with Crippen LogP contribution in [-0.4, -0.2) is 83.2 Å². The topological polar surface area (TPSA) is 152 Å². The van der Waals surface area contributed by atoms with Crippen molar-refractivity contribution in [3.8, 4) is 5.75 Å². The molecule has 33 heavy (non-hydrogen) atoms. The van der Waals surface area contributed by atoms with Crippen LogP contribution in [0.25, 0.3) is 0 Å². The molecule has 0 aromatic heterocycles. The SMILES string of the molecule is CN(C)c1ccc(O)c2c1CC1=C3C2=NN=C3[C@]2(O)C(O)=C(C(N)=O)C(=O)[C@@H](N(C)C)[C@@H]2C1. The summed E-state index contributed by atoms with van der Waals surface area (Å²) in [5.41, 5.74) is 6.90. The molecule has 0 unspecified atom stereocenters. The molecule has 5 rings (SSSR count). The number of fused-ring (bicyclic) bond motifs is 4. The number of primary amides is 1. The van der Waals surface area contributed by atoms with E-state index in [0.717, 1.165) is 16.8 Å². The minimum atomic E-state index is -2.12. The zero-order valence-corrected chi connectivity index (χ0v) is 18.7. The minimum absolute atomic E-state index is 0.0362. The van der Waals surface area contributed by atoms with Gasteiger partial charge in [-0.1, -0.05) is 5.57 Å². The van der Waals surface area contributed by atoms with E-state index in [4.69, 9.17) is 5.73 Å². The number of hydrogen-bond acceptors (Lipinski definition) is 9. The van der Waals surface area contributed by atoms with Gasteiger partial charge in [-0.05, 0) is 44.6 Å². The first kappa shape index (κ1) is 21.4. The number of carbonyl (C=O) groups excluding carboxylic acids is 2. The number of phenols is 1. The average Bonchev–Trinajstić information content (AvgIpc) is 3.17. The molecule has 3 atom stereocenters. The van der Waals surface area contributed by atoms with Gasteiger partial charge in [0.25, 0.3) is 5.91 Å². The molecular formula is C23H25N5O5. The van der Waals surface area contributed by atoms with Crippen molar-refractivity contribution in [2.45, 2.75) is 24.5 Å². The van der Waals surface area contributed by atoms with Crippen LogP contribution in [0.15, 0.2) is 44.8 Å². The highest BCUT2D eigenvalue weighted by molar-refractivity contribution is 6.38. The number of Topliss-reactive ketones (excluding diaryl/α,β-unsaturated/α-hetero) is 1. The Kier molecular flexibility index (Phi) is 4.37. The molecule has 1 aliphatic heterocycles. The zero-order chi connectivity index (χ0) is 24.0. The van der Waals surface area contributed by atoms with E-state index in [1.165, 1.54) is 0 Å². The molecule has 0 fully saturated rings. The summed E-state index contributed by atoms with van der Waals surface area (Å²) in [6, 6.07) is 2.51. The highest BCUT2D eigenvalue weighted by Crippen LogP contribution is 2.52. The van der Waals surface area contributed by atoms with E-state index in [2.05, 4.69) is 10.2 Å². The number of aliphatic hydroxyl groups is 2. The average molecular weight is 451 g/mol. The first-order valence-corrected chi connectivity index (χ1v) is 10.6. The number of hydrogen-bond donors (Lipinski definition) is 4. The van der Waals surface area contributed by atoms with Crippen molar-refractivity contribution >= 4 is 28.8 Å². The Bertz CT molecular complexity index is 1270. The van der Waals surface area contributed by atoms with Crippen molar-refractivity contribution in [1.29, 1.82) is 0 Å². The number of aromatic hydroxyl groups is 1. The summed E-state index contributed by atoms with van der Waals surface area (Å²) in [5.74, 6) is -3.31. The van der Waals surface area contributed by atoms with Gasteiger partial charge in [0.15, 0.2) is 11.4 Å². The first-order valence-electron chi connectivity index (χ1n) is 10.6. The monoisotopic (exact) mass is 451 g/mol. The number of likely N-dealkylation sites (N-methyl/N-ethyl adjacent to an activating group) is 1. The highest BCUT2D eigenvalue weighted by Gasteiger charge is 2.62. The molecule has 5 N–H and O–H groups in total. The fourth-order valence-corrected chi connectivity index (χ4v) is 5.74. The van der Waals surface area contributed by atoms with Crippen LogP contribution in [0, 0.1) is 5.92 Å². The number of carbonyl (C=O) groups is 2. The molecule has 3 aliphatic carbocycles. The van der Waals surface area contributed by atoms with Crippen molar-refractivity contribution in [2.24, 2.45) is 21.9 Å². The predicted molar refractivity (Wildman–Crippen MR) is 122 cm³/mol. The molecule has 1 aromatic carbocycles. The minimum Gasteiger partial charge on any atom is -0.508 e. The maximum atomic E-state index is 13.2. The molecule has 10 nitrogen and oxygen atoms in total. The standard InChI is InChI=1S/C23H25N5O5/c1-27(2)12-5-6-13(29)15-10(12)7-9-8-11-18(28(3)4)19(30)16(22(24)32)21(31)23(11,33)20-14(9)17(15)25-26-20/h5-6,11,18,29,31,33H,7-8H2,1-4H3,(H2,24,32)/t11-,18-,23-/m0/s1. The first-order chi connectivity index (χ1) is 15.5. The smallest absolute Gasteiger partial charge is 0.255 e. The number of benzene rings is 1. The molecule has 0 bridgehead atoms. The highest BCUT2D eigenvalue weighted by atomic mass is 16.3. The van der Waals surface area contributed by atoms with E-state index in [9.17, 15) is 24.9 Å². The number of phenolic OH excluding ortho intramolecular Hbond substituents is 1. The molecule has 0 saturated carbocycles. The van der Waals surface area contributed by atoms with Crippen molar-refractivity contribution in [3.63, 3.8) is 0 Å². The van der Waals surface area contributed by atoms with Crippen molar-refractivity contribution < 1.29 is 24.9 Å². The Labute approximate surface area is 190 Å². The Balaban J connectivity index is 1.75. The van der Waals surface area contributed by atoms with E-state index in [1.54, 1.807) is 25.1 Å². The second-order valence-corrected chi connectivity index (χ2v) is 9.34. The Morgan fingerprint density at radius 2 is 1.88 bits per heavy atom. The number of allylic oxidation sites excluding steroid dienone is 1. The zero-order valence-electron chi connectivity index (χ0n) is 18.7. The van der Waals surface area contributed by atoms with Gasteiger partial charge in [0, 0.05) is 31.3 Å². The summed E-state index contributed by atoms with van der Waals surface area (Å²) in [6.45, 7) is 0. The number of ketones is 1. The molecule has 1 heterocycles. The van der Waals surface area contributed by atoms with Crippen LogP contribution in [-0.2, 0) is 16.0 Å². The van der Waals surface area contributed by atoms with Crippen LogP contribution >= 0.6 is 0 Å². The van der Waals surface area contributed by atoms with Gasteiger partial charge in [-0.3, -0.25) is 14.5 Å². The Morgan fingerprint density at radius 3 is 2.48 bits per heavy atom. The number of amides is 1. The normalized spacial score (nSPS) is 27.8.